The van der Waals surface area contributed by atoms with E-state index in [0.29, 0.717) is 0 Å². The lowest BCUT2D eigenvalue weighted by atomic mass is 9.74. The Hall–Kier alpha value is -3.00. The summed E-state index contributed by atoms with van der Waals surface area (Å²) in [5, 5.41) is 0. The molecule has 2 heteroatoms. The van der Waals surface area contributed by atoms with E-state index in [2.05, 4.69) is 83.6 Å². The van der Waals surface area contributed by atoms with Gasteiger partial charge in [0, 0.05) is 23.8 Å². The van der Waals surface area contributed by atoms with Crippen LogP contribution in [-0.4, -0.2) is 9.97 Å². The SMILES string of the molecule is CC(c1ccc[nH]1)(c1ccc[nH]1)c1cccc2c1Cc1ccccc1-2. The summed E-state index contributed by atoms with van der Waals surface area (Å²) in [7, 11) is 0. The van der Waals surface area contributed by atoms with E-state index in [1.165, 1.54) is 39.2 Å². The summed E-state index contributed by atoms with van der Waals surface area (Å²) in [4.78, 5) is 6.91. The number of fused-ring (bicyclic) bond motifs is 3. The van der Waals surface area contributed by atoms with Crippen LogP contribution >= 0.6 is 0 Å². The lowest BCUT2D eigenvalue weighted by Gasteiger charge is -2.31. The normalized spacial score (nSPS) is 12.8. The Bertz CT molecular complexity index is 990. The molecular weight excluding hydrogens is 304 g/mol. The van der Waals surface area contributed by atoms with Gasteiger partial charge in [-0.3, -0.25) is 0 Å². The monoisotopic (exact) mass is 324 g/mol. The van der Waals surface area contributed by atoms with E-state index in [4.69, 9.17) is 0 Å². The summed E-state index contributed by atoms with van der Waals surface area (Å²) < 4.78 is 0. The molecule has 1 aliphatic carbocycles. The summed E-state index contributed by atoms with van der Waals surface area (Å²) in [6, 6.07) is 24.0. The first-order valence-electron chi connectivity index (χ1n) is 8.77. The van der Waals surface area contributed by atoms with Crippen LogP contribution in [0.1, 0.15) is 35.0 Å². The highest BCUT2D eigenvalue weighted by atomic mass is 14.8. The van der Waals surface area contributed by atoms with Crippen molar-refractivity contribution >= 4 is 0 Å². The molecule has 2 aromatic heterocycles. The minimum Gasteiger partial charge on any atom is -0.364 e. The van der Waals surface area contributed by atoms with Crippen LogP contribution in [0.5, 0.6) is 0 Å². The number of rotatable bonds is 3. The molecule has 2 N–H and O–H groups in total. The fourth-order valence-corrected chi connectivity index (χ4v) is 4.34. The quantitative estimate of drug-likeness (QED) is 0.453. The van der Waals surface area contributed by atoms with Crippen LogP contribution in [-0.2, 0) is 11.8 Å². The van der Waals surface area contributed by atoms with Gasteiger partial charge >= 0.3 is 0 Å². The predicted octanol–water partition coefficient (Wildman–Crippen LogP) is 5.27. The lowest BCUT2D eigenvalue weighted by Crippen LogP contribution is -2.27. The van der Waals surface area contributed by atoms with Gasteiger partial charge < -0.3 is 9.97 Å². The number of aromatic amines is 2. The first kappa shape index (κ1) is 14.4. The standard InChI is InChI=1S/C23H20N2/c1-23(21-11-5-13-24-21,22-12-6-14-25-22)20-10-4-9-18-17-8-3-2-7-16(17)15-19(18)20/h2-14,24-25H,15H2,1H3. The number of aromatic nitrogens is 2. The maximum atomic E-state index is 3.46. The second-order valence-corrected chi connectivity index (χ2v) is 6.96. The van der Waals surface area contributed by atoms with Gasteiger partial charge in [-0.2, -0.15) is 0 Å². The van der Waals surface area contributed by atoms with Crippen LogP contribution < -0.4 is 0 Å². The van der Waals surface area contributed by atoms with Crippen LogP contribution in [0, 0.1) is 0 Å². The van der Waals surface area contributed by atoms with Crippen LogP contribution in [0.2, 0.25) is 0 Å². The first-order valence-corrected chi connectivity index (χ1v) is 8.77. The molecule has 0 radical (unpaired) electrons. The van der Waals surface area contributed by atoms with Crippen molar-refractivity contribution in [2.75, 3.05) is 0 Å². The molecule has 122 valence electrons. The predicted molar refractivity (Wildman–Crippen MR) is 102 cm³/mol. The van der Waals surface area contributed by atoms with Gasteiger partial charge in [-0.25, -0.2) is 0 Å². The maximum absolute atomic E-state index is 3.46. The van der Waals surface area contributed by atoms with Crippen LogP contribution in [0.25, 0.3) is 11.1 Å². The Labute approximate surface area is 147 Å². The highest BCUT2D eigenvalue weighted by molar-refractivity contribution is 5.79. The minimum absolute atomic E-state index is 0.236. The van der Waals surface area contributed by atoms with Crippen LogP contribution in [0.4, 0.5) is 0 Å². The van der Waals surface area contributed by atoms with E-state index >= 15 is 0 Å². The van der Waals surface area contributed by atoms with Gasteiger partial charge in [-0.15, -0.1) is 0 Å². The second-order valence-electron chi connectivity index (χ2n) is 6.96. The molecule has 2 nitrogen and oxygen atoms in total. The molecule has 0 saturated heterocycles. The summed E-state index contributed by atoms with van der Waals surface area (Å²) in [6.07, 6.45) is 5.02. The zero-order chi connectivity index (χ0) is 16.9. The first-order chi connectivity index (χ1) is 12.3. The molecule has 4 aromatic rings. The highest BCUT2D eigenvalue weighted by Crippen LogP contribution is 2.45. The zero-order valence-corrected chi connectivity index (χ0v) is 14.2. The topological polar surface area (TPSA) is 31.6 Å². The smallest absolute Gasteiger partial charge is 0.0726 e. The molecule has 2 heterocycles. The molecule has 0 saturated carbocycles. The second kappa shape index (κ2) is 5.25. The Morgan fingerprint density at radius 3 is 2.08 bits per heavy atom. The summed E-state index contributed by atoms with van der Waals surface area (Å²) >= 11 is 0. The molecule has 1 aliphatic rings. The molecular formula is C23H20N2. The molecule has 0 unspecified atom stereocenters. The molecule has 0 fully saturated rings. The number of hydrogen-bond acceptors (Lipinski definition) is 0. The van der Waals surface area contributed by atoms with E-state index in [9.17, 15) is 0 Å². The van der Waals surface area contributed by atoms with Gasteiger partial charge in [0.25, 0.3) is 0 Å². The van der Waals surface area contributed by atoms with E-state index in [-0.39, 0.29) is 5.41 Å². The van der Waals surface area contributed by atoms with Crippen molar-refractivity contribution in [2.24, 2.45) is 0 Å². The van der Waals surface area contributed by atoms with Crippen molar-refractivity contribution in [3.05, 3.63) is 107 Å². The molecule has 0 amide bonds. The molecule has 0 spiro atoms. The Kier molecular flexibility index (Phi) is 3.01. The fourth-order valence-electron chi connectivity index (χ4n) is 4.34. The van der Waals surface area contributed by atoms with Gasteiger partial charge in [0.05, 0.1) is 5.41 Å². The molecule has 25 heavy (non-hydrogen) atoms. The van der Waals surface area contributed by atoms with Gasteiger partial charge in [0.15, 0.2) is 0 Å². The van der Waals surface area contributed by atoms with E-state index in [1.807, 2.05) is 12.4 Å². The lowest BCUT2D eigenvalue weighted by molar-refractivity contribution is 0.645. The van der Waals surface area contributed by atoms with Crippen molar-refractivity contribution in [1.82, 2.24) is 9.97 Å². The van der Waals surface area contributed by atoms with Crippen molar-refractivity contribution in [3.63, 3.8) is 0 Å². The van der Waals surface area contributed by atoms with E-state index in [0.717, 1.165) is 6.42 Å². The van der Waals surface area contributed by atoms with Crippen LogP contribution in [0.3, 0.4) is 0 Å². The summed E-state index contributed by atoms with van der Waals surface area (Å²) in [5.41, 5.74) is 9.16. The molecule has 2 aromatic carbocycles. The number of nitrogens with one attached hydrogen (secondary N) is 2. The average molecular weight is 324 g/mol. The van der Waals surface area contributed by atoms with Gasteiger partial charge in [-0.05, 0) is 65.4 Å². The Morgan fingerprint density at radius 2 is 1.40 bits per heavy atom. The highest BCUT2D eigenvalue weighted by Gasteiger charge is 2.37. The molecule has 0 atom stereocenters. The summed E-state index contributed by atoms with van der Waals surface area (Å²) in [5.74, 6) is 0. The van der Waals surface area contributed by atoms with Gasteiger partial charge in [0.1, 0.15) is 0 Å². The molecule has 0 aliphatic heterocycles. The van der Waals surface area contributed by atoms with E-state index < -0.39 is 0 Å². The third-order valence-corrected chi connectivity index (χ3v) is 5.66. The van der Waals surface area contributed by atoms with Crippen molar-refractivity contribution < 1.29 is 0 Å². The largest absolute Gasteiger partial charge is 0.364 e. The summed E-state index contributed by atoms with van der Waals surface area (Å²) in [6.45, 7) is 2.31. The average Bonchev–Trinajstić information content (AvgIpc) is 3.41. The Morgan fingerprint density at radius 1 is 0.720 bits per heavy atom. The van der Waals surface area contributed by atoms with Gasteiger partial charge in [0.2, 0.25) is 0 Å². The van der Waals surface area contributed by atoms with E-state index in [1.54, 1.807) is 0 Å². The van der Waals surface area contributed by atoms with Gasteiger partial charge in [-0.1, -0.05) is 42.5 Å². The van der Waals surface area contributed by atoms with Crippen molar-refractivity contribution in [3.8, 4) is 11.1 Å². The number of hydrogen-bond donors (Lipinski definition) is 2. The Balaban J connectivity index is 1.78. The third-order valence-electron chi connectivity index (χ3n) is 5.66. The van der Waals surface area contributed by atoms with Crippen molar-refractivity contribution in [2.45, 2.75) is 18.8 Å². The number of H-pyrrole nitrogens is 2. The zero-order valence-electron chi connectivity index (χ0n) is 14.2. The molecule has 0 bridgehead atoms. The fraction of sp³-hybridized carbons (Fsp3) is 0.130. The number of benzene rings is 2. The molecule has 5 rings (SSSR count). The minimum atomic E-state index is -0.236. The maximum Gasteiger partial charge on any atom is 0.0726 e. The van der Waals surface area contributed by atoms with Crippen LogP contribution in [0.15, 0.2) is 79.1 Å². The van der Waals surface area contributed by atoms with Crippen molar-refractivity contribution in [1.29, 1.82) is 0 Å². The third kappa shape index (κ3) is 1.97.